The van der Waals surface area contributed by atoms with Crippen molar-refractivity contribution in [3.63, 3.8) is 0 Å². The molecule has 176 valence electrons. The van der Waals surface area contributed by atoms with E-state index in [2.05, 4.69) is 36.2 Å². The summed E-state index contributed by atoms with van der Waals surface area (Å²) in [6.07, 6.45) is 9.70. The molecule has 2 saturated heterocycles. The Kier molecular flexibility index (Phi) is 6.59. The molecule has 6 rings (SSSR count). The lowest BCUT2D eigenvalue weighted by Crippen LogP contribution is -2.43. The first-order chi connectivity index (χ1) is 16.8. The molecule has 2 fully saturated rings. The van der Waals surface area contributed by atoms with E-state index in [9.17, 15) is 0 Å². The van der Waals surface area contributed by atoms with Crippen LogP contribution >= 0.6 is 0 Å². The number of piperazine rings is 1. The van der Waals surface area contributed by atoms with Crippen molar-refractivity contribution in [2.24, 2.45) is 0 Å². The summed E-state index contributed by atoms with van der Waals surface area (Å²) in [6, 6.07) is 8.12. The van der Waals surface area contributed by atoms with Crippen LogP contribution in [0.25, 0.3) is 28.1 Å². The minimum absolute atomic E-state index is 0.770. The number of pyridine rings is 2. The van der Waals surface area contributed by atoms with Crippen LogP contribution in [0.1, 0.15) is 12.8 Å². The van der Waals surface area contributed by atoms with Gasteiger partial charge in [-0.25, -0.2) is 14.6 Å². The lowest BCUT2D eigenvalue weighted by atomic mass is 10.2. The van der Waals surface area contributed by atoms with Gasteiger partial charge >= 0.3 is 0 Å². The number of rotatable bonds is 4. The largest absolute Gasteiger partial charge is 0.400 e. The molecular formula is C24H29N9O. The second-order valence-corrected chi connectivity index (χ2v) is 8.23. The summed E-state index contributed by atoms with van der Waals surface area (Å²) in [5, 5.41) is 16.0. The highest BCUT2D eigenvalue weighted by Gasteiger charge is 2.17. The van der Waals surface area contributed by atoms with Gasteiger partial charge in [0.2, 0.25) is 0 Å². The van der Waals surface area contributed by atoms with E-state index in [0.717, 1.165) is 86.1 Å². The zero-order chi connectivity index (χ0) is 23.3. The van der Waals surface area contributed by atoms with Crippen molar-refractivity contribution in [2.45, 2.75) is 12.8 Å². The average molecular weight is 460 g/mol. The first kappa shape index (κ1) is 22.2. The lowest BCUT2D eigenvalue weighted by Gasteiger charge is -2.28. The van der Waals surface area contributed by atoms with Gasteiger partial charge in [-0.1, -0.05) is 6.07 Å². The first-order valence-electron chi connectivity index (χ1n) is 11.6. The first-order valence-corrected chi connectivity index (χ1v) is 11.6. The number of hydrogen-bond acceptors (Lipinski definition) is 9. The van der Waals surface area contributed by atoms with Crippen LogP contribution in [0.5, 0.6) is 0 Å². The summed E-state index contributed by atoms with van der Waals surface area (Å²) in [6.45, 7) is 5.93. The van der Waals surface area contributed by atoms with Crippen molar-refractivity contribution in [1.29, 1.82) is 0 Å². The molecule has 0 atom stereocenters. The summed E-state index contributed by atoms with van der Waals surface area (Å²) in [7, 11) is 1.00. The van der Waals surface area contributed by atoms with E-state index in [1.807, 2.05) is 41.5 Å². The van der Waals surface area contributed by atoms with Crippen LogP contribution in [-0.4, -0.2) is 81.2 Å². The highest BCUT2D eigenvalue weighted by atomic mass is 16.2. The normalized spacial score (nSPS) is 15.9. The van der Waals surface area contributed by atoms with Gasteiger partial charge in [-0.05, 0) is 31.0 Å². The van der Waals surface area contributed by atoms with E-state index in [-0.39, 0.29) is 0 Å². The van der Waals surface area contributed by atoms with E-state index in [1.165, 1.54) is 12.8 Å². The van der Waals surface area contributed by atoms with Gasteiger partial charge in [0.15, 0.2) is 5.82 Å². The Hall–Kier alpha value is -3.63. The zero-order valence-electron chi connectivity index (χ0n) is 19.3. The van der Waals surface area contributed by atoms with Gasteiger partial charge in [0.1, 0.15) is 17.3 Å². The monoisotopic (exact) mass is 459 g/mol. The predicted octanol–water partition coefficient (Wildman–Crippen LogP) is 1.89. The summed E-state index contributed by atoms with van der Waals surface area (Å²) >= 11 is 0. The third kappa shape index (κ3) is 4.42. The van der Waals surface area contributed by atoms with Gasteiger partial charge in [0.25, 0.3) is 0 Å². The number of nitrogens with one attached hydrogen (secondary N) is 1. The third-order valence-corrected chi connectivity index (χ3v) is 6.14. The smallest absolute Gasteiger partial charge is 0.156 e. The Bertz CT molecular complexity index is 1250. The van der Waals surface area contributed by atoms with Gasteiger partial charge in [-0.3, -0.25) is 9.97 Å². The molecule has 0 bridgehead atoms. The minimum Gasteiger partial charge on any atom is -0.400 e. The maximum Gasteiger partial charge on any atom is 0.156 e. The molecule has 6 heterocycles. The predicted molar refractivity (Wildman–Crippen MR) is 132 cm³/mol. The summed E-state index contributed by atoms with van der Waals surface area (Å²) in [5.74, 6) is 2.69. The van der Waals surface area contributed by atoms with Crippen molar-refractivity contribution in [1.82, 2.24) is 35.0 Å². The molecule has 2 aliphatic rings. The maximum absolute atomic E-state index is 7.00. The Balaban J connectivity index is 0.00000117. The molecule has 0 unspecified atom stereocenters. The molecule has 0 radical (unpaired) electrons. The van der Waals surface area contributed by atoms with Gasteiger partial charge in [0.05, 0.1) is 29.8 Å². The van der Waals surface area contributed by atoms with Crippen molar-refractivity contribution in [2.75, 3.05) is 56.2 Å². The Morgan fingerprint density at radius 1 is 0.794 bits per heavy atom. The number of fused-ring (bicyclic) bond motifs is 1. The number of aliphatic hydroxyl groups excluding tert-OH is 1. The second kappa shape index (κ2) is 10.1. The van der Waals surface area contributed by atoms with Crippen LogP contribution in [0.2, 0.25) is 0 Å². The van der Waals surface area contributed by atoms with E-state index < -0.39 is 0 Å². The summed E-state index contributed by atoms with van der Waals surface area (Å²) in [4.78, 5) is 23.4. The average Bonchev–Trinajstić information content (AvgIpc) is 3.61. The van der Waals surface area contributed by atoms with Crippen LogP contribution in [-0.2, 0) is 0 Å². The molecule has 4 aromatic rings. The van der Waals surface area contributed by atoms with Crippen LogP contribution in [0, 0.1) is 0 Å². The molecular weight excluding hydrogens is 430 g/mol. The quantitative estimate of drug-likeness (QED) is 0.473. The van der Waals surface area contributed by atoms with Crippen molar-refractivity contribution < 1.29 is 5.11 Å². The molecule has 2 N–H and O–H groups in total. The standard InChI is InChI=1S/C23H25N9.CH4O/c1-2-9-30(8-1)23-16-25-15-19(28-23)18-12-20-17(13-26-18)14-27-32(20)22-5-3-4-21(29-22)31-10-6-24-7-11-31;1-2/h3-5,12-16,24H,1-2,6-11H2;2H,1H3. The number of aliphatic hydroxyl groups is 1. The van der Waals surface area contributed by atoms with Crippen molar-refractivity contribution in [3.05, 3.63) is 49.1 Å². The summed E-state index contributed by atoms with van der Waals surface area (Å²) in [5.41, 5.74) is 2.51. The van der Waals surface area contributed by atoms with Crippen molar-refractivity contribution in [3.8, 4) is 17.2 Å². The molecule has 34 heavy (non-hydrogen) atoms. The number of anilines is 2. The fourth-order valence-corrected chi connectivity index (χ4v) is 4.42. The molecule has 0 spiro atoms. The Morgan fingerprint density at radius 3 is 2.38 bits per heavy atom. The summed E-state index contributed by atoms with van der Waals surface area (Å²) < 4.78 is 1.88. The number of nitrogens with zero attached hydrogens (tertiary/aromatic N) is 8. The van der Waals surface area contributed by atoms with Crippen LogP contribution < -0.4 is 15.1 Å². The molecule has 2 aliphatic heterocycles. The lowest BCUT2D eigenvalue weighted by molar-refractivity contribution is 0.399. The van der Waals surface area contributed by atoms with Gasteiger partial charge in [-0.15, -0.1) is 0 Å². The zero-order valence-corrected chi connectivity index (χ0v) is 19.3. The molecule has 0 saturated carbocycles. The minimum atomic E-state index is 0.770. The van der Waals surface area contributed by atoms with E-state index in [4.69, 9.17) is 15.1 Å². The second-order valence-electron chi connectivity index (χ2n) is 8.23. The van der Waals surface area contributed by atoms with Gasteiger partial charge in [-0.2, -0.15) is 5.10 Å². The van der Waals surface area contributed by atoms with Crippen molar-refractivity contribution >= 4 is 22.5 Å². The topological polar surface area (TPSA) is 108 Å². The van der Waals surface area contributed by atoms with Crippen LogP contribution in [0.4, 0.5) is 11.6 Å². The van der Waals surface area contributed by atoms with Crippen LogP contribution in [0.3, 0.4) is 0 Å². The molecule has 4 aromatic heterocycles. The van der Waals surface area contributed by atoms with Gasteiger partial charge < -0.3 is 20.2 Å². The van der Waals surface area contributed by atoms with E-state index in [0.29, 0.717) is 0 Å². The highest BCUT2D eigenvalue weighted by Crippen LogP contribution is 2.25. The molecule has 10 nitrogen and oxygen atoms in total. The molecule has 0 aromatic carbocycles. The number of aromatic nitrogens is 6. The Morgan fingerprint density at radius 2 is 1.56 bits per heavy atom. The maximum atomic E-state index is 7.00. The molecule has 0 aliphatic carbocycles. The fraction of sp³-hybridized carbons (Fsp3) is 0.375. The number of hydrogen-bond donors (Lipinski definition) is 2. The van der Waals surface area contributed by atoms with Crippen LogP contribution in [0.15, 0.2) is 49.1 Å². The van der Waals surface area contributed by atoms with E-state index in [1.54, 1.807) is 6.20 Å². The SMILES string of the molecule is CO.c1cc(N2CCNCC2)nc(-n2ncc3cnc(-c4cncc(N5CCCC5)n4)cc32)c1. The highest BCUT2D eigenvalue weighted by molar-refractivity contribution is 5.82. The van der Waals surface area contributed by atoms with E-state index >= 15 is 0 Å². The fourth-order valence-electron chi connectivity index (χ4n) is 4.42. The third-order valence-electron chi connectivity index (χ3n) is 6.14. The Labute approximate surface area is 198 Å². The molecule has 10 heteroatoms. The molecule has 0 amide bonds. The van der Waals surface area contributed by atoms with Gasteiger partial charge in [0, 0.05) is 58.0 Å².